The van der Waals surface area contributed by atoms with Gasteiger partial charge >= 0.3 is 0 Å². The second-order valence-corrected chi connectivity index (χ2v) is 6.21. The molecule has 3 nitrogen and oxygen atoms in total. The molecule has 0 radical (unpaired) electrons. The summed E-state index contributed by atoms with van der Waals surface area (Å²) in [6, 6.07) is 13.4. The summed E-state index contributed by atoms with van der Waals surface area (Å²) in [5, 5.41) is 0. The van der Waals surface area contributed by atoms with Gasteiger partial charge in [-0.2, -0.15) is 0 Å². The van der Waals surface area contributed by atoms with Crippen LogP contribution in [0.25, 0.3) is 0 Å². The van der Waals surface area contributed by atoms with Crippen LogP contribution in [0, 0.1) is 5.82 Å². The fourth-order valence-electron chi connectivity index (χ4n) is 2.65. The molecule has 0 saturated carbocycles. The van der Waals surface area contributed by atoms with Gasteiger partial charge in [-0.05, 0) is 36.6 Å². The third-order valence-corrected chi connectivity index (χ3v) is 4.58. The monoisotopic (exact) mass is 341 g/mol. The van der Waals surface area contributed by atoms with E-state index < -0.39 is 0 Å². The Morgan fingerprint density at radius 1 is 1.00 bits per heavy atom. The minimum Gasteiger partial charge on any atom is -0.339 e. The average molecular weight is 341 g/mol. The van der Waals surface area contributed by atoms with Gasteiger partial charge in [0, 0.05) is 25.5 Å². The molecule has 1 amide bonds. The maximum Gasteiger partial charge on any atom is 0.223 e. The first kappa shape index (κ1) is 18.8. The fraction of sp³-hybridized carbons (Fsp3) is 0.333. The van der Waals surface area contributed by atoms with Gasteiger partial charge in [0.15, 0.2) is 5.78 Å². The number of hydrogen-bond donors (Lipinski definition) is 0. The third kappa shape index (κ3) is 4.99. The van der Waals surface area contributed by atoms with Crippen LogP contribution in [0.1, 0.15) is 54.2 Å². The normalized spacial score (nSPS) is 11.8. The number of nitrogens with zero attached hydrogens (tertiary/aromatic N) is 1. The van der Waals surface area contributed by atoms with Crippen LogP contribution in [0.15, 0.2) is 48.5 Å². The van der Waals surface area contributed by atoms with Crippen LogP contribution in [-0.4, -0.2) is 23.6 Å². The van der Waals surface area contributed by atoms with Crippen molar-refractivity contribution < 1.29 is 14.0 Å². The summed E-state index contributed by atoms with van der Waals surface area (Å²) in [7, 11) is 1.71. The Hall–Kier alpha value is -2.49. The molecule has 0 bridgehead atoms. The van der Waals surface area contributed by atoms with Gasteiger partial charge in [-0.3, -0.25) is 9.59 Å². The van der Waals surface area contributed by atoms with Crippen molar-refractivity contribution in [2.45, 2.75) is 39.2 Å². The molecular formula is C21H24FNO2. The van der Waals surface area contributed by atoms with Gasteiger partial charge in [0.1, 0.15) is 5.82 Å². The van der Waals surface area contributed by atoms with Gasteiger partial charge in [0.25, 0.3) is 0 Å². The van der Waals surface area contributed by atoms with E-state index in [9.17, 15) is 14.0 Å². The number of rotatable bonds is 7. The molecule has 1 unspecified atom stereocenters. The number of ketones is 1. The van der Waals surface area contributed by atoms with Crippen LogP contribution in [0.5, 0.6) is 0 Å². The molecule has 0 saturated heterocycles. The Bertz CT molecular complexity index is 723. The lowest BCUT2D eigenvalue weighted by molar-refractivity contribution is -0.131. The highest BCUT2D eigenvalue weighted by atomic mass is 19.1. The van der Waals surface area contributed by atoms with Crippen LogP contribution >= 0.6 is 0 Å². The maximum atomic E-state index is 13.0. The average Bonchev–Trinajstić information content (AvgIpc) is 2.65. The molecular weight excluding hydrogens is 317 g/mol. The van der Waals surface area contributed by atoms with E-state index in [-0.39, 0.29) is 36.4 Å². The zero-order valence-electron chi connectivity index (χ0n) is 15.0. The SMILES string of the molecule is CCc1ccc(C(=O)CCC(=O)N(C)C(C)c2ccc(F)cc2)cc1. The van der Waals surface area contributed by atoms with Crippen LogP contribution in [0.3, 0.4) is 0 Å². The van der Waals surface area contributed by atoms with Crippen molar-refractivity contribution in [2.75, 3.05) is 7.05 Å². The maximum absolute atomic E-state index is 13.0. The number of aryl methyl sites for hydroxylation is 1. The smallest absolute Gasteiger partial charge is 0.223 e. The standard InChI is InChI=1S/C21H24FNO2/c1-4-16-5-7-18(8-6-16)20(24)13-14-21(25)23(3)15(2)17-9-11-19(22)12-10-17/h5-12,15H,4,13-14H2,1-3H3. The predicted octanol–water partition coefficient (Wildman–Crippen LogP) is 4.57. The fourth-order valence-corrected chi connectivity index (χ4v) is 2.65. The number of amides is 1. The molecule has 0 aromatic heterocycles. The third-order valence-electron chi connectivity index (χ3n) is 4.58. The van der Waals surface area contributed by atoms with Crippen molar-refractivity contribution in [1.29, 1.82) is 0 Å². The number of benzene rings is 2. The minimum atomic E-state index is -0.301. The zero-order valence-corrected chi connectivity index (χ0v) is 15.0. The summed E-state index contributed by atoms with van der Waals surface area (Å²) in [5.41, 5.74) is 2.68. The summed E-state index contributed by atoms with van der Waals surface area (Å²) in [6.07, 6.45) is 1.28. The van der Waals surface area contributed by atoms with Gasteiger partial charge in [0.05, 0.1) is 6.04 Å². The topological polar surface area (TPSA) is 37.4 Å². The lowest BCUT2D eigenvalue weighted by Gasteiger charge is -2.25. The summed E-state index contributed by atoms with van der Waals surface area (Å²) in [5.74, 6) is -0.432. The molecule has 0 aliphatic carbocycles. The van der Waals surface area contributed by atoms with E-state index in [1.54, 1.807) is 24.1 Å². The van der Waals surface area contributed by atoms with E-state index in [4.69, 9.17) is 0 Å². The van der Waals surface area contributed by atoms with E-state index in [0.29, 0.717) is 5.56 Å². The van der Waals surface area contributed by atoms with Crippen molar-refractivity contribution in [1.82, 2.24) is 4.90 Å². The Balaban J connectivity index is 1.91. The molecule has 0 aliphatic rings. The lowest BCUT2D eigenvalue weighted by atomic mass is 10.0. The van der Waals surface area contributed by atoms with Crippen LogP contribution < -0.4 is 0 Å². The Kier molecular flexibility index (Phi) is 6.45. The van der Waals surface area contributed by atoms with E-state index in [1.807, 2.05) is 31.2 Å². The first-order valence-electron chi connectivity index (χ1n) is 8.55. The number of carbonyl (C=O) groups is 2. The van der Waals surface area contributed by atoms with Crippen molar-refractivity contribution in [3.05, 3.63) is 71.0 Å². The van der Waals surface area contributed by atoms with E-state index in [0.717, 1.165) is 12.0 Å². The minimum absolute atomic E-state index is 0.0289. The van der Waals surface area contributed by atoms with E-state index in [2.05, 4.69) is 6.92 Å². The van der Waals surface area contributed by atoms with Crippen molar-refractivity contribution in [3.8, 4) is 0 Å². The van der Waals surface area contributed by atoms with E-state index in [1.165, 1.54) is 17.7 Å². The largest absolute Gasteiger partial charge is 0.339 e. The lowest BCUT2D eigenvalue weighted by Crippen LogP contribution is -2.29. The summed E-state index contributed by atoms with van der Waals surface area (Å²) in [4.78, 5) is 26.2. The summed E-state index contributed by atoms with van der Waals surface area (Å²) < 4.78 is 13.0. The molecule has 2 aromatic carbocycles. The quantitative estimate of drug-likeness (QED) is 0.692. The summed E-state index contributed by atoms with van der Waals surface area (Å²) >= 11 is 0. The molecule has 132 valence electrons. The molecule has 0 heterocycles. The number of carbonyl (C=O) groups excluding carboxylic acids is 2. The van der Waals surface area contributed by atoms with Crippen LogP contribution in [-0.2, 0) is 11.2 Å². The van der Waals surface area contributed by atoms with Gasteiger partial charge in [-0.15, -0.1) is 0 Å². The molecule has 0 fully saturated rings. The summed E-state index contributed by atoms with van der Waals surface area (Å²) in [6.45, 7) is 3.95. The van der Waals surface area contributed by atoms with Gasteiger partial charge in [-0.25, -0.2) is 4.39 Å². The van der Waals surface area contributed by atoms with Crippen molar-refractivity contribution >= 4 is 11.7 Å². The Labute approximate surface area is 148 Å². The van der Waals surface area contributed by atoms with Crippen molar-refractivity contribution in [3.63, 3.8) is 0 Å². The van der Waals surface area contributed by atoms with Gasteiger partial charge in [-0.1, -0.05) is 43.3 Å². The highest BCUT2D eigenvalue weighted by Crippen LogP contribution is 2.20. The zero-order chi connectivity index (χ0) is 18.4. The highest BCUT2D eigenvalue weighted by molar-refractivity contribution is 5.98. The van der Waals surface area contributed by atoms with E-state index >= 15 is 0 Å². The number of hydrogen-bond acceptors (Lipinski definition) is 2. The first-order valence-corrected chi connectivity index (χ1v) is 8.55. The molecule has 2 aromatic rings. The molecule has 2 rings (SSSR count). The molecule has 25 heavy (non-hydrogen) atoms. The van der Waals surface area contributed by atoms with Gasteiger partial charge in [0.2, 0.25) is 5.91 Å². The number of halogens is 1. The highest BCUT2D eigenvalue weighted by Gasteiger charge is 2.18. The second kappa shape index (κ2) is 8.56. The van der Waals surface area contributed by atoms with Crippen LogP contribution in [0.2, 0.25) is 0 Å². The molecule has 0 aliphatic heterocycles. The second-order valence-electron chi connectivity index (χ2n) is 6.21. The van der Waals surface area contributed by atoms with Gasteiger partial charge < -0.3 is 4.90 Å². The molecule has 0 N–H and O–H groups in total. The first-order chi connectivity index (χ1) is 11.9. The molecule has 1 atom stereocenters. The number of Topliss-reactive ketones (excluding diaryl/α,β-unsaturated/α-hetero) is 1. The van der Waals surface area contributed by atoms with Crippen molar-refractivity contribution in [2.24, 2.45) is 0 Å². The molecule has 4 heteroatoms. The Morgan fingerprint density at radius 3 is 2.16 bits per heavy atom. The Morgan fingerprint density at radius 2 is 1.60 bits per heavy atom. The predicted molar refractivity (Wildman–Crippen MR) is 97.0 cm³/mol. The van der Waals surface area contributed by atoms with Crippen LogP contribution in [0.4, 0.5) is 4.39 Å². The molecule has 0 spiro atoms.